The second-order valence-corrected chi connectivity index (χ2v) is 7.73. The van der Waals surface area contributed by atoms with Crippen LogP contribution in [0.3, 0.4) is 0 Å². The van der Waals surface area contributed by atoms with E-state index < -0.39 is 0 Å². The first-order valence-electron chi connectivity index (χ1n) is 6.79. The molecule has 0 bridgehead atoms. The van der Waals surface area contributed by atoms with E-state index in [2.05, 4.69) is 16.4 Å². The monoisotopic (exact) mass is 382 g/mol. The summed E-state index contributed by atoms with van der Waals surface area (Å²) in [4.78, 5) is 16.7. The summed E-state index contributed by atoms with van der Waals surface area (Å²) in [5.41, 5.74) is 2.64. The summed E-state index contributed by atoms with van der Waals surface area (Å²) in [5, 5.41) is 3.60. The molecule has 0 saturated heterocycles. The number of hydrogen-bond acceptors (Lipinski definition) is 4. The molecule has 0 saturated carbocycles. The summed E-state index contributed by atoms with van der Waals surface area (Å²) >= 11 is 15.1. The molecule has 1 N–H and O–H groups in total. The summed E-state index contributed by atoms with van der Waals surface area (Å²) < 4.78 is 0.893. The Bertz CT molecular complexity index is 760. The normalized spacial score (nSPS) is 13.2. The van der Waals surface area contributed by atoms with E-state index in [1.54, 1.807) is 30.0 Å². The molecule has 2 aromatic carbocycles. The van der Waals surface area contributed by atoms with Crippen LogP contribution in [0.5, 0.6) is 0 Å². The van der Waals surface area contributed by atoms with Crippen LogP contribution in [0.25, 0.3) is 0 Å². The van der Waals surface area contributed by atoms with Gasteiger partial charge < -0.3 is 5.32 Å². The molecule has 7 heteroatoms. The number of rotatable bonds is 3. The van der Waals surface area contributed by atoms with Gasteiger partial charge in [0.1, 0.15) is 4.38 Å². The van der Waals surface area contributed by atoms with Gasteiger partial charge in [0.25, 0.3) is 0 Å². The molecule has 118 valence electrons. The van der Waals surface area contributed by atoms with Gasteiger partial charge in [0.2, 0.25) is 5.91 Å². The van der Waals surface area contributed by atoms with Crippen molar-refractivity contribution >= 4 is 68.4 Å². The molecular weight excluding hydrogens is 371 g/mol. The number of amides is 1. The maximum Gasteiger partial charge on any atom is 0.234 e. The first-order chi connectivity index (χ1) is 11.1. The number of nitrogens with zero attached hydrogens (tertiary/aromatic N) is 1. The van der Waals surface area contributed by atoms with Crippen LogP contribution >= 0.6 is 46.7 Å². The van der Waals surface area contributed by atoms with E-state index in [0.29, 0.717) is 15.7 Å². The highest BCUT2D eigenvalue weighted by molar-refractivity contribution is 8.38. The lowest BCUT2D eigenvalue weighted by atomic mass is 10.2. The number of carbonyl (C=O) groups excluding carboxylic acids is 1. The smallest absolute Gasteiger partial charge is 0.234 e. The average Bonchev–Trinajstić information content (AvgIpc) is 2.56. The largest absolute Gasteiger partial charge is 0.323 e. The summed E-state index contributed by atoms with van der Waals surface area (Å²) in [5.74, 6) is 0.974. The Kier molecular flexibility index (Phi) is 5.54. The lowest BCUT2D eigenvalue weighted by molar-refractivity contribution is -0.113. The van der Waals surface area contributed by atoms with Gasteiger partial charge in [-0.3, -0.25) is 4.79 Å². The number of thioether (sulfide) groups is 2. The van der Waals surface area contributed by atoms with Crippen LogP contribution in [-0.2, 0) is 10.5 Å². The number of fused-ring (bicyclic) bond motifs is 1. The quantitative estimate of drug-likeness (QED) is 0.750. The molecule has 0 aromatic heterocycles. The zero-order valence-corrected chi connectivity index (χ0v) is 15.0. The highest BCUT2D eigenvalue weighted by atomic mass is 35.5. The summed E-state index contributed by atoms with van der Waals surface area (Å²) in [6, 6.07) is 13.1. The molecule has 3 rings (SSSR count). The van der Waals surface area contributed by atoms with Gasteiger partial charge in [-0.1, -0.05) is 71.0 Å². The predicted octanol–water partition coefficient (Wildman–Crippen LogP) is 5.60. The van der Waals surface area contributed by atoms with Crippen LogP contribution in [0.15, 0.2) is 47.5 Å². The Morgan fingerprint density at radius 2 is 1.91 bits per heavy atom. The molecule has 0 atom stereocenters. The van der Waals surface area contributed by atoms with E-state index in [4.69, 9.17) is 23.2 Å². The van der Waals surface area contributed by atoms with E-state index in [1.807, 2.05) is 18.2 Å². The number of nitrogens with one attached hydrogen (secondary N) is 1. The van der Waals surface area contributed by atoms with E-state index in [9.17, 15) is 4.79 Å². The molecule has 1 amide bonds. The SMILES string of the molecule is O=C(CSC1=Nc2ccccc2CS1)Nc1c(Cl)cccc1Cl. The van der Waals surface area contributed by atoms with Crippen LogP contribution in [0.1, 0.15) is 5.56 Å². The van der Waals surface area contributed by atoms with Crippen LogP contribution in [0, 0.1) is 0 Å². The van der Waals surface area contributed by atoms with Crippen molar-refractivity contribution in [2.45, 2.75) is 5.75 Å². The minimum Gasteiger partial charge on any atom is -0.323 e. The third-order valence-corrected chi connectivity index (χ3v) is 5.98. The molecular formula is C16H12Cl2N2OS2. The predicted molar refractivity (Wildman–Crippen MR) is 102 cm³/mol. The highest BCUT2D eigenvalue weighted by Crippen LogP contribution is 2.35. The second-order valence-electron chi connectivity index (χ2n) is 4.73. The van der Waals surface area contributed by atoms with Gasteiger partial charge in [-0.15, -0.1) is 0 Å². The number of hydrogen-bond donors (Lipinski definition) is 1. The molecule has 1 heterocycles. The molecule has 1 aliphatic rings. The third kappa shape index (κ3) is 4.23. The number of halogens is 2. The molecule has 3 nitrogen and oxygen atoms in total. The number of anilines is 1. The van der Waals surface area contributed by atoms with E-state index in [1.165, 1.54) is 17.3 Å². The van der Waals surface area contributed by atoms with Crippen molar-refractivity contribution < 1.29 is 4.79 Å². The van der Waals surface area contributed by atoms with Crippen molar-refractivity contribution in [3.05, 3.63) is 58.1 Å². The van der Waals surface area contributed by atoms with Gasteiger partial charge in [-0.2, -0.15) is 0 Å². The fraction of sp³-hybridized carbons (Fsp3) is 0.125. The molecule has 0 unspecified atom stereocenters. The molecule has 2 aromatic rings. The number of para-hydroxylation sites is 2. The van der Waals surface area contributed by atoms with Crippen LogP contribution in [0.4, 0.5) is 11.4 Å². The van der Waals surface area contributed by atoms with Gasteiger partial charge >= 0.3 is 0 Å². The van der Waals surface area contributed by atoms with Gasteiger partial charge in [0, 0.05) is 5.75 Å². The van der Waals surface area contributed by atoms with Crippen molar-refractivity contribution in [2.75, 3.05) is 11.1 Å². The summed E-state index contributed by atoms with van der Waals surface area (Å²) in [7, 11) is 0. The van der Waals surface area contributed by atoms with Crippen LogP contribution in [-0.4, -0.2) is 16.0 Å². The number of benzene rings is 2. The minimum atomic E-state index is -0.160. The zero-order chi connectivity index (χ0) is 16.2. The maximum atomic E-state index is 12.1. The number of carbonyl (C=O) groups is 1. The first-order valence-corrected chi connectivity index (χ1v) is 9.52. The molecule has 0 fully saturated rings. The third-order valence-electron chi connectivity index (χ3n) is 3.11. The van der Waals surface area contributed by atoms with Gasteiger partial charge in [0.05, 0.1) is 27.2 Å². The maximum absolute atomic E-state index is 12.1. The van der Waals surface area contributed by atoms with Crippen LogP contribution in [0.2, 0.25) is 10.0 Å². The minimum absolute atomic E-state index is 0.160. The summed E-state index contributed by atoms with van der Waals surface area (Å²) in [6.45, 7) is 0. The van der Waals surface area contributed by atoms with Crippen LogP contribution < -0.4 is 5.32 Å². The van der Waals surface area contributed by atoms with E-state index >= 15 is 0 Å². The average molecular weight is 383 g/mol. The number of aliphatic imine (C=N–C) groups is 1. The zero-order valence-electron chi connectivity index (χ0n) is 11.9. The molecule has 1 aliphatic heterocycles. The Hall–Kier alpha value is -1.14. The van der Waals surface area contributed by atoms with E-state index in [-0.39, 0.29) is 11.7 Å². The Morgan fingerprint density at radius 1 is 1.17 bits per heavy atom. The van der Waals surface area contributed by atoms with Crippen molar-refractivity contribution in [3.8, 4) is 0 Å². The molecule has 23 heavy (non-hydrogen) atoms. The topological polar surface area (TPSA) is 41.5 Å². The van der Waals surface area contributed by atoms with Gasteiger partial charge in [0.15, 0.2) is 0 Å². The van der Waals surface area contributed by atoms with Crippen molar-refractivity contribution in [1.82, 2.24) is 0 Å². The Balaban J connectivity index is 1.61. The Labute approximate surface area is 152 Å². The van der Waals surface area contributed by atoms with Crippen molar-refractivity contribution in [1.29, 1.82) is 0 Å². The van der Waals surface area contributed by atoms with E-state index in [0.717, 1.165) is 15.8 Å². The fourth-order valence-corrected chi connectivity index (χ4v) is 4.36. The van der Waals surface area contributed by atoms with Gasteiger partial charge in [-0.05, 0) is 23.8 Å². The van der Waals surface area contributed by atoms with Crippen molar-refractivity contribution in [2.24, 2.45) is 4.99 Å². The summed E-state index contributed by atoms with van der Waals surface area (Å²) in [6.07, 6.45) is 0. The highest BCUT2D eigenvalue weighted by Gasteiger charge is 2.15. The van der Waals surface area contributed by atoms with Gasteiger partial charge in [-0.25, -0.2) is 4.99 Å². The lowest BCUT2D eigenvalue weighted by Crippen LogP contribution is -2.15. The fourth-order valence-electron chi connectivity index (χ4n) is 2.01. The lowest BCUT2D eigenvalue weighted by Gasteiger charge is -2.14. The first kappa shape index (κ1) is 16.7. The molecule has 0 spiro atoms. The molecule has 0 aliphatic carbocycles. The Morgan fingerprint density at radius 3 is 2.70 bits per heavy atom. The second kappa shape index (κ2) is 7.62. The molecule has 0 radical (unpaired) electrons. The van der Waals surface area contributed by atoms with Crippen molar-refractivity contribution in [3.63, 3.8) is 0 Å². The standard InChI is InChI=1S/C16H12Cl2N2OS2/c17-11-5-3-6-12(18)15(11)20-14(21)9-23-16-19-13-7-2-1-4-10(13)8-22-16/h1-7H,8-9H2,(H,20,21).